The van der Waals surface area contributed by atoms with Crippen molar-refractivity contribution in [3.05, 3.63) is 80.5 Å². The van der Waals surface area contributed by atoms with E-state index >= 15 is 0 Å². The Bertz CT molecular complexity index is 935. The van der Waals surface area contributed by atoms with Crippen molar-refractivity contribution in [3.63, 3.8) is 0 Å². The summed E-state index contributed by atoms with van der Waals surface area (Å²) in [6, 6.07) is 12.8. The molecule has 0 aliphatic carbocycles. The smallest absolute Gasteiger partial charge is 0.258 e. The number of aromatic nitrogens is 2. The first kappa shape index (κ1) is 15.3. The summed E-state index contributed by atoms with van der Waals surface area (Å²) in [6.07, 6.45) is 1.60. The van der Waals surface area contributed by atoms with E-state index in [4.69, 9.17) is 0 Å². The fourth-order valence-corrected chi connectivity index (χ4v) is 2.51. The summed E-state index contributed by atoms with van der Waals surface area (Å²) in [5, 5.41) is 26.5. The molecule has 24 heavy (non-hydrogen) atoms. The molecule has 8 nitrogen and oxygen atoms in total. The third-order valence-corrected chi connectivity index (χ3v) is 3.59. The average molecular weight is 324 g/mol. The molecule has 0 fully saturated rings. The molecule has 0 N–H and O–H groups in total. The molecule has 3 rings (SSSR count). The summed E-state index contributed by atoms with van der Waals surface area (Å²) in [7, 11) is 0. The van der Waals surface area contributed by atoms with Gasteiger partial charge in [0.2, 0.25) is 0 Å². The summed E-state index contributed by atoms with van der Waals surface area (Å²) in [5.74, 6) is 0. The quantitative estimate of drug-likeness (QED) is 0.538. The highest BCUT2D eigenvalue weighted by Gasteiger charge is 2.23. The fraction of sp³-hybridized carbons (Fsp3) is 0.0625. The first-order valence-electron chi connectivity index (χ1n) is 7.02. The van der Waals surface area contributed by atoms with Crippen LogP contribution in [0.5, 0.6) is 0 Å². The van der Waals surface area contributed by atoms with Crippen LogP contribution in [0, 0.1) is 27.2 Å². The van der Waals surface area contributed by atoms with Crippen LogP contribution in [-0.2, 0) is 0 Å². The van der Waals surface area contributed by atoms with Gasteiger partial charge in [0.25, 0.3) is 5.69 Å². The van der Waals surface area contributed by atoms with E-state index < -0.39 is 9.85 Å². The van der Waals surface area contributed by atoms with Gasteiger partial charge in [-0.05, 0) is 18.6 Å². The fourth-order valence-electron chi connectivity index (χ4n) is 2.51. The van der Waals surface area contributed by atoms with Gasteiger partial charge in [0.1, 0.15) is 5.69 Å². The van der Waals surface area contributed by atoms with Gasteiger partial charge < -0.3 is 0 Å². The Labute approximate surface area is 136 Å². The van der Waals surface area contributed by atoms with Crippen molar-refractivity contribution in [1.82, 2.24) is 9.78 Å². The largest absolute Gasteiger partial charge is 0.301 e. The predicted octanol–water partition coefficient (Wildman–Crippen LogP) is 3.66. The number of nitro groups is 2. The molecule has 0 atom stereocenters. The molecule has 2 aromatic carbocycles. The number of nitrogens with zero attached hydrogens (tertiary/aromatic N) is 4. The summed E-state index contributed by atoms with van der Waals surface area (Å²) in [5.41, 5.74) is 1.86. The Morgan fingerprint density at radius 1 is 1.00 bits per heavy atom. The van der Waals surface area contributed by atoms with E-state index in [2.05, 4.69) is 5.10 Å². The molecule has 1 aromatic heterocycles. The highest BCUT2D eigenvalue weighted by Crippen LogP contribution is 2.32. The maximum atomic E-state index is 11.4. The van der Waals surface area contributed by atoms with E-state index in [0.717, 1.165) is 17.2 Å². The second-order valence-corrected chi connectivity index (χ2v) is 5.14. The second kappa shape index (κ2) is 5.92. The Balaban J connectivity index is 2.24. The van der Waals surface area contributed by atoms with Crippen LogP contribution < -0.4 is 0 Å². The van der Waals surface area contributed by atoms with Crippen molar-refractivity contribution in [3.8, 4) is 16.9 Å². The summed E-state index contributed by atoms with van der Waals surface area (Å²) < 4.78 is 1.44. The molecule has 0 saturated heterocycles. The van der Waals surface area contributed by atoms with Gasteiger partial charge in [0, 0.05) is 11.6 Å². The molecule has 120 valence electrons. The van der Waals surface area contributed by atoms with E-state index in [-0.39, 0.29) is 17.1 Å². The number of non-ortho nitro benzene ring substituents is 1. The van der Waals surface area contributed by atoms with Crippen molar-refractivity contribution in [2.24, 2.45) is 0 Å². The molecule has 0 radical (unpaired) electrons. The van der Waals surface area contributed by atoms with Gasteiger partial charge >= 0.3 is 5.69 Å². The summed E-state index contributed by atoms with van der Waals surface area (Å²) in [6.45, 7) is 1.85. The zero-order valence-electron chi connectivity index (χ0n) is 12.6. The van der Waals surface area contributed by atoms with E-state index in [0.29, 0.717) is 5.69 Å². The normalized spacial score (nSPS) is 10.5. The predicted molar refractivity (Wildman–Crippen MR) is 87.0 cm³/mol. The van der Waals surface area contributed by atoms with E-state index in [1.54, 1.807) is 6.20 Å². The first-order chi connectivity index (χ1) is 11.5. The van der Waals surface area contributed by atoms with Crippen LogP contribution in [0.1, 0.15) is 5.56 Å². The number of aryl methyl sites for hydroxylation is 1. The van der Waals surface area contributed by atoms with Gasteiger partial charge in [-0.2, -0.15) is 5.10 Å². The molecule has 0 spiro atoms. The molecule has 0 bridgehead atoms. The maximum Gasteiger partial charge on any atom is 0.301 e. The van der Waals surface area contributed by atoms with Crippen molar-refractivity contribution in [2.75, 3.05) is 0 Å². The molecule has 3 aromatic rings. The lowest BCUT2D eigenvalue weighted by Gasteiger charge is -2.09. The standard InChI is InChI=1S/C16H12N4O4/c1-11-10-17-18(16(11)12-5-3-2-4-6-12)14-8-7-13(19(21)22)9-15(14)20(23)24/h2-10H,1H3. The van der Waals surface area contributed by atoms with Crippen LogP contribution in [0.3, 0.4) is 0 Å². The average Bonchev–Trinajstić information content (AvgIpc) is 2.96. The number of hydrogen-bond acceptors (Lipinski definition) is 5. The van der Waals surface area contributed by atoms with Crippen LogP contribution in [-0.4, -0.2) is 19.6 Å². The van der Waals surface area contributed by atoms with Gasteiger partial charge in [0.15, 0.2) is 0 Å². The molecule has 1 heterocycles. The van der Waals surface area contributed by atoms with E-state index in [1.165, 1.54) is 16.8 Å². The van der Waals surface area contributed by atoms with Crippen LogP contribution in [0.15, 0.2) is 54.7 Å². The van der Waals surface area contributed by atoms with E-state index in [1.807, 2.05) is 37.3 Å². The first-order valence-corrected chi connectivity index (χ1v) is 7.02. The van der Waals surface area contributed by atoms with Crippen LogP contribution in [0.2, 0.25) is 0 Å². The second-order valence-electron chi connectivity index (χ2n) is 5.14. The third kappa shape index (κ3) is 2.60. The zero-order valence-corrected chi connectivity index (χ0v) is 12.6. The lowest BCUT2D eigenvalue weighted by atomic mass is 10.1. The number of benzene rings is 2. The number of hydrogen-bond donors (Lipinski definition) is 0. The Morgan fingerprint density at radius 3 is 2.33 bits per heavy atom. The summed E-state index contributed by atoms with van der Waals surface area (Å²) in [4.78, 5) is 20.9. The Kier molecular flexibility index (Phi) is 3.78. The maximum absolute atomic E-state index is 11.4. The molecule has 0 amide bonds. The van der Waals surface area contributed by atoms with Gasteiger partial charge in [-0.15, -0.1) is 0 Å². The topological polar surface area (TPSA) is 104 Å². The number of nitro benzene ring substituents is 2. The highest BCUT2D eigenvalue weighted by molar-refractivity contribution is 5.68. The highest BCUT2D eigenvalue weighted by atomic mass is 16.6. The van der Waals surface area contributed by atoms with Crippen LogP contribution >= 0.6 is 0 Å². The molecule has 0 saturated carbocycles. The third-order valence-electron chi connectivity index (χ3n) is 3.59. The minimum absolute atomic E-state index is 0.178. The number of rotatable bonds is 4. The van der Waals surface area contributed by atoms with E-state index in [9.17, 15) is 20.2 Å². The van der Waals surface area contributed by atoms with Crippen molar-refractivity contribution in [2.45, 2.75) is 6.92 Å². The molecular formula is C16H12N4O4. The van der Waals surface area contributed by atoms with Crippen LogP contribution in [0.4, 0.5) is 11.4 Å². The minimum Gasteiger partial charge on any atom is -0.258 e. The molecule has 0 aliphatic heterocycles. The molecule has 0 aliphatic rings. The van der Waals surface area contributed by atoms with Gasteiger partial charge in [0.05, 0.1) is 27.8 Å². The van der Waals surface area contributed by atoms with Gasteiger partial charge in [-0.3, -0.25) is 20.2 Å². The monoisotopic (exact) mass is 324 g/mol. The van der Waals surface area contributed by atoms with Crippen molar-refractivity contribution >= 4 is 11.4 Å². The SMILES string of the molecule is Cc1cnn(-c2ccc([N+](=O)[O-])cc2[N+](=O)[O-])c1-c1ccccc1. The van der Waals surface area contributed by atoms with Crippen LogP contribution in [0.25, 0.3) is 16.9 Å². The summed E-state index contributed by atoms with van der Waals surface area (Å²) >= 11 is 0. The minimum atomic E-state index is -0.663. The molecule has 0 unspecified atom stereocenters. The molecule has 8 heteroatoms. The van der Waals surface area contributed by atoms with Crippen molar-refractivity contribution < 1.29 is 9.85 Å². The van der Waals surface area contributed by atoms with Gasteiger partial charge in [-0.25, -0.2) is 4.68 Å². The van der Waals surface area contributed by atoms with Gasteiger partial charge in [-0.1, -0.05) is 30.3 Å². The Hall–Kier alpha value is -3.55. The van der Waals surface area contributed by atoms with Crippen molar-refractivity contribution in [1.29, 1.82) is 0 Å². The lowest BCUT2D eigenvalue weighted by Crippen LogP contribution is -2.04. The molecular weight excluding hydrogens is 312 g/mol. The zero-order chi connectivity index (χ0) is 17.3. The Morgan fingerprint density at radius 2 is 1.71 bits per heavy atom. The lowest BCUT2D eigenvalue weighted by molar-refractivity contribution is -0.394.